The third-order valence-corrected chi connectivity index (χ3v) is 8.12. The van der Waals surface area contributed by atoms with E-state index in [0.717, 1.165) is 15.3 Å². The van der Waals surface area contributed by atoms with Crippen LogP contribution in [0.25, 0.3) is 0 Å². The maximum Gasteiger partial charge on any atom is 0.407 e. The number of benzene rings is 2. The van der Waals surface area contributed by atoms with E-state index in [1.807, 2.05) is 0 Å². The number of hydrogen-bond acceptors (Lipinski definition) is 8. The van der Waals surface area contributed by atoms with Gasteiger partial charge < -0.3 is 10.1 Å². The fourth-order valence-corrected chi connectivity index (χ4v) is 5.89. The van der Waals surface area contributed by atoms with Crippen LogP contribution in [0.3, 0.4) is 0 Å². The summed E-state index contributed by atoms with van der Waals surface area (Å²) in [6.45, 7) is 6.90. The fraction of sp³-hybridized carbons (Fsp3) is 0.444. The minimum absolute atomic E-state index is 0.0172. The van der Waals surface area contributed by atoms with Crippen LogP contribution in [0.15, 0.2) is 53.4 Å². The number of carbonyl (C=O) groups excluding carboxylic acids is 3. The van der Waals surface area contributed by atoms with Gasteiger partial charge in [0.2, 0.25) is 10.0 Å². The number of nitrogens with zero attached hydrogens (tertiary/aromatic N) is 3. The number of carbonyl (C=O) groups is 3. The van der Waals surface area contributed by atoms with Gasteiger partial charge in [-0.1, -0.05) is 24.3 Å². The van der Waals surface area contributed by atoms with Crippen molar-refractivity contribution in [1.29, 1.82) is 0 Å². The number of rotatable bonds is 12. The Bertz CT molecular complexity index is 1350. The van der Waals surface area contributed by atoms with E-state index in [9.17, 15) is 32.9 Å². The van der Waals surface area contributed by atoms with Crippen molar-refractivity contribution in [3.63, 3.8) is 0 Å². The average molecular weight is 575 g/mol. The average Bonchev–Trinajstić information content (AvgIpc) is 3.11. The molecule has 0 saturated heterocycles. The van der Waals surface area contributed by atoms with E-state index in [0.29, 0.717) is 17.5 Å². The van der Waals surface area contributed by atoms with Crippen molar-refractivity contribution in [3.8, 4) is 0 Å². The summed E-state index contributed by atoms with van der Waals surface area (Å²) in [4.78, 5) is 48.9. The number of nitro groups is 1. The predicted molar refractivity (Wildman–Crippen MR) is 146 cm³/mol. The molecule has 1 heterocycles. The first-order chi connectivity index (χ1) is 18.7. The number of nitro benzene ring substituents is 1. The second-order valence-electron chi connectivity index (χ2n) is 10.5. The number of fused-ring (bicyclic) bond motifs is 1. The van der Waals surface area contributed by atoms with E-state index in [-0.39, 0.29) is 32.5 Å². The Kier molecular flexibility index (Phi) is 9.64. The van der Waals surface area contributed by atoms with Gasteiger partial charge in [-0.2, -0.15) is 4.31 Å². The van der Waals surface area contributed by atoms with E-state index in [1.54, 1.807) is 52.0 Å². The molecule has 40 heavy (non-hydrogen) atoms. The minimum Gasteiger partial charge on any atom is -0.444 e. The Hall–Kier alpha value is -3.84. The number of unbranched alkanes of at least 4 members (excludes halogenated alkanes) is 1. The smallest absolute Gasteiger partial charge is 0.407 e. The van der Waals surface area contributed by atoms with Gasteiger partial charge in [0.15, 0.2) is 4.90 Å². The zero-order valence-electron chi connectivity index (χ0n) is 23.0. The summed E-state index contributed by atoms with van der Waals surface area (Å²) in [6, 6.07) is 11.2. The Balaban J connectivity index is 1.70. The van der Waals surface area contributed by atoms with E-state index < -0.39 is 55.1 Å². The van der Waals surface area contributed by atoms with Crippen molar-refractivity contribution in [3.05, 3.63) is 69.8 Å². The number of alkyl carbamates (subject to hydrolysis) is 1. The van der Waals surface area contributed by atoms with E-state index in [2.05, 4.69) is 5.32 Å². The summed E-state index contributed by atoms with van der Waals surface area (Å²) >= 11 is 0. The highest BCUT2D eigenvalue weighted by molar-refractivity contribution is 7.89. The molecule has 1 aliphatic heterocycles. The monoisotopic (exact) mass is 574 g/mol. The highest BCUT2D eigenvalue weighted by Crippen LogP contribution is 2.27. The first-order valence-electron chi connectivity index (χ1n) is 12.9. The SMILES string of the molecule is C[C@H](CCN(CCCCN1C(=O)c2ccccc2C1=O)S(=O)(=O)c1ccccc1[N+](=O)[O-])NC(=O)OC(C)(C)C. The Morgan fingerprint density at radius 2 is 1.60 bits per heavy atom. The molecule has 2 aromatic carbocycles. The predicted octanol–water partition coefficient (Wildman–Crippen LogP) is 3.97. The van der Waals surface area contributed by atoms with Crippen molar-refractivity contribution >= 4 is 33.6 Å². The maximum absolute atomic E-state index is 13.6. The van der Waals surface area contributed by atoms with Gasteiger partial charge >= 0.3 is 6.09 Å². The molecule has 0 fully saturated rings. The number of para-hydroxylation sites is 1. The molecule has 3 amide bonds. The molecular weight excluding hydrogens is 540 g/mol. The zero-order valence-corrected chi connectivity index (χ0v) is 23.8. The van der Waals surface area contributed by atoms with Crippen molar-refractivity contribution in [2.75, 3.05) is 19.6 Å². The van der Waals surface area contributed by atoms with Gasteiger partial charge in [-0.05, 0) is 65.2 Å². The Morgan fingerprint density at radius 1 is 1.02 bits per heavy atom. The van der Waals surface area contributed by atoms with Crippen LogP contribution < -0.4 is 5.32 Å². The standard InChI is InChI=1S/C27H34N4O8S/c1-19(28-26(34)39-27(2,3)4)15-18-29(40(37,38)23-14-8-7-13-22(23)31(35)36)16-9-10-17-30-24(32)20-11-5-6-12-21(20)25(30)33/h5-8,11-14,19H,9-10,15-18H2,1-4H3,(H,28,34)/t19-/m1/s1. The fourth-order valence-electron chi connectivity index (χ4n) is 4.24. The molecule has 0 saturated carbocycles. The third kappa shape index (κ3) is 7.42. The summed E-state index contributed by atoms with van der Waals surface area (Å²) in [5.41, 5.74) is -0.581. The number of ether oxygens (including phenoxy) is 1. The number of amides is 3. The second-order valence-corrected chi connectivity index (χ2v) is 12.4. The lowest BCUT2D eigenvalue weighted by Gasteiger charge is -2.25. The van der Waals surface area contributed by atoms with Gasteiger partial charge in [-0.25, -0.2) is 13.2 Å². The van der Waals surface area contributed by atoms with Gasteiger partial charge in [0, 0.05) is 31.7 Å². The molecule has 0 aromatic heterocycles. The molecule has 0 spiro atoms. The maximum atomic E-state index is 13.6. The summed E-state index contributed by atoms with van der Waals surface area (Å²) < 4.78 is 33.5. The quantitative estimate of drug-likeness (QED) is 0.173. The van der Waals surface area contributed by atoms with Crippen molar-refractivity contribution in [2.24, 2.45) is 0 Å². The van der Waals surface area contributed by atoms with Crippen molar-refractivity contribution < 1.29 is 32.5 Å². The molecule has 216 valence electrons. The van der Waals surface area contributed by atoms with E-state index in [4.69, 9.17) is 4.74 Å². The molecule has 0 bridgehead atoms. The van der Waals surface area contributed by atoms with Crippen molar-refractivity contribution in [2.45, 2.75) is 63.5 Å². The molecule has 3 rings (SSSR count). The molecule has 1 N–H and O–H groups in total. The zero-order chi connectivity index (χ0) is 29.7. The lowest BCUT2D eigenvalue weighted by atomic mass is 10.1. The molecule has 0 radical (unpaired) electrons. The number of imide groups is 1. The molecule has 0 unspecified atom stereocenters. The highest BCUT2D eigenvalue weighted by atomic mass is 32.2. The molecule has 1 atom stereocenters. The normalized spacial score (nSPS) is 14.3. The summed E-state index contributed by atoms with van der Waals surface area (Å²) in [5, 5.41) is 14.2. The van der Waals surface area contributed by atoms with Gasteiger partial charge in [-0.15, -0.1) is 0 Å². The van der Waals surface area contributed by atoms with E-state index in [1.165, 1.54) is 18.2 Å². The van der Waals surface area contributed by atoms with Crippen LogP contribution in [0, 0.1) is 10.1 Å². The van der Waals surface area contributed by atoms with Crippen LogP contribution in [0.2, 0.25) is 0 Å². The Labute approximate surface area is 233 Å². The van der Waals surface area contributed by atoms with Crippen LogP contribution in [0.5, 0.6) is 0 Å². The molecule has 12 nitrogen and oxygen atoms in total. The third-order valence-electron chi connectivity index (χ3n) is 6.17. The summed E-state index contributed by atoms with van der Waals surface area (Å²) in [5.74, 6) is -0.793. The molecular formula is C27H34N4O8S. The first-order valence-corrected chi connectivity index (χ1v) is 14.3. The molecule has 1 aliphatic rings. The number of nitrogens with one attached hydrogen (secondary N) is 1. The lowest BCUT2D eigenvalue weighted by molar-refractivity contribution is -0.387. The van der Waals surface area contributed by atoms with Crippen molar-refractivity contribution in [1.82, 2.24) is 14.5 Å². The largest absolute Gasteiger partial charge is 0.444 e. The lowest BCUT2D eigenvalue weighted by Crippen LogP contribution is -2.41. The topological polar surface area (TPSA) is 156 Å². The summed E-state index contributed by atoms with van der Waals surface area (Å²) in [6.07, 6.45) is 0.160. The van der Waals surface area contributed by atoms with Crippen LogP contribution in [0.4, 0.5) is 10.5 Å². The van der Waals surface area contributed by atoms with Gasteiger partial charge in [0.1, 0.15) is 5.60 Å². The minimum atomic E-state index is -4.29. The van der Waals surface area contributed by atoms with Gasteiger partial charge in [0.05, 0.1) is 16.1 Å². The van der Waals surface area contributed by atoms with E-state index >= 15 is 0 Å². The Morgan fingerprint density at radius 3 is 2.17 bits per heavy atom. The van der Waals surface area contributed by atoms with Gasteiger partial charge in [0.25, 0.3) is 17.5 Å². The van der Waals surface area contributed by atoms with Gasteiger partial charge in [-0.3, -0.25) is 24.6 Å². The summed E-state index contributed by atoms with van der Waals surface area (Å²) in [7, 11) is -4.29. The van der Waals surface area contributed by atoms with Crippen LogP contribution in [0.1, 0.15) is 67.7 Å². The molecule has 2 aromatic rings. The first kappa shape index (κ1) is 30.7. The molecule has 13 heteroatoms. The van der Waals surface area contributed by atoms with Crippen LogP contribution in [-0.4, -0.2) is 71.7 Å². The molecule has 0 aliphatic carbocycles. The van der Waals surface area contributed by atoms with Crippen LogP contribution >= 0.6 is 0 Å². The highest BCUT2D eigenvalue weighted by Gasteiger charge is 2.35. The number of sulfonamides is 1. The second kappa shape index (κ2) is 12.6. The number of hydrogen-bond donors (Lipinski definition) is 1. The van der Waals surface area contributed by atoms with Crippen LogP contribution in [-0.2, 0) is 14.8 Å².